The van der Waals surface area contributed by atoms with Gasteiger partial charge < -0.3 is 0 Å². The molecular formula is C17H21N. The second-order valence-electron chi connectivity index (χ2n) is 5.31. The number of hydrogen-bond acceptors (Lipinski definition) is 1. The third kappa shape index (κ3) is 2.79. The molecule has 0 N–H and O–H groups in total. The van der Waals surface area contributed by atoms with Crippen molar-refractivity contribution < 1.29 is 0 Å². The summed E-state index contributed by atoms with van der Waals surface area (Å²) < 4.78 is 0. The van der Waals surface area contributed by atoms with E-state index in [2.05, 4.69) is 63.9 Å². The van der Waals surface area contributed by atoms with Crippen LogP contribution in [-0.4, -0.2) is 4.98 Å². The van der Waals surface area contributed by atoms with Crippen LogP contribution >= 0.6 is 0 Å². The summed E-state index contributed by atoms with van der Waals surface area (Å²) in [6.07, 6.45) is 1.00. The van der Waals surface area contributed by atoms with Crippen LogP contribution in [0.1, 0.15) is 39.2 Å². The molecule has 1 heteroatoms. The Hall–Kier alpha value is -1.63. The lowest BCUT2D eigenvalue weighted by molar-refractivity contribution is 1.05. The minimum absolute atomic E-state index is 1.00. The summed E-state index contributed by atoms with van der Waals surface area (Å²) in [7, 11) is 0. The number of nitrogens with zero attached hydrogens (tertiary/aromatic N) is 1. The zero-order chi connectivity index (χ0) is 13.3. The van der Waals surface area contributed by atoms with Gasteiger partial charge in [0, 0.05) is 11.4 Å². The van der Waals surface area contributed by atoms with E-state index < -0.39 is 0 Å². The van der Waals surface area contributed by atoms with Gasteiger partial charge in [-0.15, -0.1) is 0 Å². The van der Waals surface area contributed by atoms with E-state index in [1.807, 2.05) is 0 Å². The summed E-state index contributed by atoms with van der Waals surface area (Å²) in [4.78, 5) is 4.43. The summed E-state index contributed by atoms with van der Waals surface area (Å²) in [5.41, 5.74) is 9.13. The van der Waals surface area contributed by atoms with Gasteiger partial charge in [0.25, 0.3) is 0 Å². The van der Waals surface area contributed by atoms with Crippen LogP contribution in [0.15, 0.2) is 24.3 Å². The predicted octanol–water partition coefficient (Wildman–Crippen LogP) is 4.21. The van der Waals surface area contributed by atoms with Crippen molar-refractivity contribution in [1.82, 2.24) is 4.98 Å². The Bertz CT molecular complexity index is 539. The Morgan fingerprint density at radius 2 is 1.28 bits per heavy atom. The molecule has 0 fully saturated rings. The van der Waals surface area contributed by atoms with Gasteiger partial charge in [-0.2, -0.15) is 0 Å². The highest BCUT2D eigenvalue weighted by molar-refractivity contribution is 5.41. The van der Waals surface area contributed by atoms with Crippen LogP contribution in [0.4, 0.5) is 0 Å². The van der Waals surface area contributed by atoms with Crippen LogP contribution < -0.4 is 0 Å². The third-order valence-corrected chi connectivity index (χ3v) is 3.36. The fraction of sp³-hybridized carbons (Fsp3) is 0.353. The smallest absolute Gasteiger partial charge is 0.0378 e. The van der Waals surface area contributed by atoms with E-state index in [0.29, 0.717) is 0 Å². The number of benzene rings is 1. The minimum atomic E-state index is 1.00. The molecule has 2 rings (SSSR count). The molecule has 1 nitrogen and oxygen atoms in total. The molecule has 0 unspecified atom stereocenters. The Kier molecular flexibility index (Phi) is 3.51. The van der Waals surface area contributed by atoms with Gasteiger partial charge >= 0.3 is 0 Å². The Morgan fingerprint density at radius 1 is 0.778 bits per heavy atom. The number of hydrogen-bond donors (Lipinski definition) is 0. The number of aryl methyl sites for hydroxylation is 5. The molecule has 1 aromatic heterocycles. The fourth-order valence-electron chi connectivity index (χ4n) is 2.72. The van der Waals surface area contributed by atoms with Crippen molar-refractivity contribution in [3.8, 4) is 0 Å². The van der Waals surface area contributed by atoms with Crippen molar-refractivity contribution in [2.45, 2.75) is 41.0 Å². The first-order valence-corrected chi connectivity index (χ1v) is 6.46. The molecule has 0 bridgehead atoms. The van der Waals surface area contributed by atoms with E-state index in [9.17, 15) is 0 Å². The second-order valence-corrected chi connectivity index (χ2v) is 5.31. The number of aromatic nitrogens is 1. The highest BCUT2D eigenvalue weighted by Gasteiger charge is 2.06. The average molecular weight is 239 g/mol. The van der Waals surface area contributed by atoms with Crippen molar-refractivity contribution in [1.29, 1.82) is 0 Å². The lowest BCUT2D eigenvalue weighted by atomic mass is 9.94. The number of rotatable bonds is 2. The molecule has 0 saturated carbocycles. The normalized spacial score (nSPS) is 10.7. The summed E-state index contributed by atoms with van der Waals surface area (Å²) in [5.74, 6) is 0. The Morgan fingerprint density at radius 3 is 1.78 bits per heavy atom. The molecule has 0 aliphatic rings. The van der Waals surface area contributed by atoms with Crippen LogP contribution in [0.5, 0.6) is 0 Å². The van der Waals surface area contributed by atoms with E-state index in [0.717, 1.165) is 17.8 Å². The van der Waals surface area contributed by atoms with Gasteiger partial charge in [0.1, 0.15) is 0 Å². The standard InChI is InChI=1S/C17H21N/c1-11-6-12(2)17(13(3)7-11)10-16-8-14(4)18-15(5)9-16/h6-9H,10H2,1-5H3. The zero-order valence-electron chi connectivity index (χ0n) is 12.0. The molecule has 94 valence electrons. The van der Waals surface area contributed by atoms with Crippen LogP contribution in [0.3, 0.4) is 0 Å². The lowest BCUT2D eigenvalue weighted by Crippen LogP contribution is -1.98. The Labute approximate surface area is 110 Å². The van der Waals surface area contributed by atoms with Gasteiger partial charge in [0.2, 0.25) is 0 Å². The van der Waals surface area contributed by atoms with Crippen molar-refractivity contribution in [3.63, 3.8) is 0 Å². The minimum Gasteiger partial charge on any atom is -0.258 e. The summed E-state index contributed by atoms with van der Waals surface area (Å²) in [6, 6.07) is 8.91. The van der Waals surface area contributed by atoms with Gasteiger partial charge in [0.15, 0.2) is 0 Å². The van der Waals surface area contributed by atoms with Gasteiger partial charge in [-0.05, 0) is 75.4 Å². The SMILES string of the molecule is Cc1cc(C)c(Cc2cc(C)nc(C)c2)c(C)c1. The van der Waals surface area contributed by atoms with Gasteiger partial charge in [-0.3, -0.25) is 4.98 Å². The quantitative estimate of drug-likeness (QED) is 0.765. The van der Waals surface area contributed by atoms with Crippen LogP contribution in [0.2, 0.25) is 0 Å². The molecule has 1 heterocycles. The first kappa shape index (κ1) is 12.8. The maximum atomic E-state index is 4.43. The van der Waals surface area contributed by atoms with Crippen molar-refractivity contribution in [2.75, 3.05) is 0 Å². The van der Waals surface area contributed by atoms with Crippen LogP contribution in [-0.2, 0) is 6.42 Å². The van der Waals surface area contributed by atoms with Crippen LogP contribution in [0.25, 0.3) is 0 Å². The fourth-order valence-corrected chi connectivity index (χ4v) is 2.72. The molecular weight excluding hydrogens is 218 g/mol. The summed E-state index contributed by atoms with van der Waals surface area (Å²) >= 11 is 0. The molecule has 0 aliphatic heterocycles. The predicted molar refractivity (Wildman–Crippen MR) is 77.2 cm³/mol. The molecule has 0 radical (unpaired) electrons. The second kappa shape index (κ2) is 4.93. The van der Waals surface area contributed by atoms with Gasteiger partial charge in [0.05, 0.1) is 0 Å². The molecule has 0 amide bonds. The highest BCUT2D eigenvalue weighted by atomic mass is 14.7. The maximum Gasteiger partial charge on any atom is 0.0378 e. The summed E-state index contributed by atoms with van der Waals surface area (Å²) in [6.45, 7) is 10.7. The molecule has 0 spiro atoms. The molecule has 2 aromatic rings. The third-order valence-electron chi connectivity index (χ3n) is 3.36. The van der Waals surface area contributed by atoms with Crippen molar-refractivity contribution in [3.05, 3.63) is 63.5 Å². The molecule has 1 aromatic carbocycles. The van der Waals surface area contributed by atoms with Crippen LogP contribution in [0, 0.1) is 34.6 Å². The topological polar surface area (TPSA) is 12.9 Å². The van der Waals surface area contributed by atoms with E-state index in [4.69, 9.17) is 0 Å². The molecule has 18 heavy (non-hydrogen) atoms. The van der Waals surface area contributed by atoms with E-state index in [1.165, 1.54) is 27.8 Å². The monoisotopic (exact) mass is 239 g/mol. The molecule has 0 atom stereocenters. The largest absolute Gasteiger partial charge is 0.258 e. The van der Waals surface area contributed by atoms with Crippen molar-refractivity contribution >= 4 is 0 Å². The molecule has 0 saturated heterocycles. The number of pyridine rings is 1. The van der Waals surface area contributed by atoms with Gasteiger partial charge in [-0.25, -0.2) is 0 Å². The van der Waals surface area contributed by atoms with E-state index in [1.54, 1.807) is 0 Å². The summed E-state index contributed by atoms with van der Waals surface area (Å²) in [5, 5.41) is 0. The highest BCUT2D eigenvalue weighted by Crippen LogP contribution is 2.20. The van der Waals surface area contributed by atoms with Gasteiger partial charge in [-0.1, -0.05) is 17.7 Å². The van der Waals surface area contributed by atoms with E-state index in [-0.39, 0.29) is 0 Å². The maximum absolute atomic E-state index is 4.43. The average Bonchev–Trinajstić information content (AvgIpc) is 2.22. The van der Waals surface area contributed by atoms with E-state index >= 15 is 0 Å². The van der Waals surface area contributed by atoms with Crippen molar-refractivity contribution in [2.24, 2.45) is 0 Å². The molecule has 0 aliphatic carbocycles. The first-order chi connectivity index (χ1) is 8.45. The lowest BCUT2D eigenvalue weighted by Gasteiger charge is -2.12. The first-order valence-electron chi connectivity index (χ1n) is 6.46. The Balaban J connectivity index is 2.40. The zero-order valence-corrected chi connectivity index (χ0v) is 12.0.